The molecule has 1 aromatic rings. The first-order valence-electron chi connectivity index (χ1n) is 6.28. The first kappa shape index (κ1) is 13.4. The van der Waals surface area contributed by atoms with Gasteiger partial charge in [-0.25, -0.2) is 0 Å². The van der Waals surface area contributed by atoms with Crippen LogP contribution in [-0.4, -0.2) is 37.6 Å². The van der Waals surface area contributed by atoms with Crippen LogP contribution in [0.3, 0.4) is 0 Å². The first-order chi connectivity index (χ1) is 8.70. The third kappa shape index (κ3) is 3.24. The Balaban J connectivity index is 2.13. The molecule has 0 spiro atoms. The second kappa shape index (κ2) is 6.21. The molecular weight excluding hydrogens is 290 g/mol. The second-order valence-corrected chi connectivity index (χ2v) is 5.69. The zero-order valence-corrected chi connectivity index (χ0v) is 12.2. The Hall–Kier alpha value is -1.05. The molecule has 1 fully saturated rings. The van der Waals surface area contributed by atoms with E-state index >= 15 is 0 Å². The molecule has 3 nitrogen and oxygen atoms in total. The van der Waals surface area contributed by atoms with Crippen molar-refractivity contribution < 1.29 is 0 Å². The lowest BCUT2D eigenvalue weighted by Crippen LogP contribution is -2.38. The summed E-state index contributed by atoms with van der Waals surface area (Å²) >= 11 is 3.46. The van der Waals surface area contributed by atoms with Crippen LogP contribution in [-0.2, 0) is 0 Å². The average Bonchev–Trinajstić information content (AvgIpc) is 2.54. The highest BCUT2D eigenvalue weighted by Gasteiger charge is 2.22. The molecule has 0 bridgehead atoms. The maximum Gasteiger partial charge on any atom is 0.0638 e. The van der Waals surface area contributed by atoms with E-state index in [1.54, 1.807) is 0 Å². The molecule has 0 saturated carbocycles. The Labute approximate surface area is 117 Å². The van der Waals surface area contributed by atoms with Crippen LogP contribution in [0, 0.1) is 11.3 Å². The molecule has 1 heterocycles. The predicted octanol–water partition coefficient (Wildman–Crippen LogP) is 2.87. The van der Waals surface area contributed by atoms with Crippen molar-refractivity contribution in [2.75, 3.05) is 31.6 Å². The normalized spacial score (nSPS) is 21.4. The van der Waals surface area contributed by atoms with E-state index < -0.39 is 0 Å². The highest BCUT2D eigenvalue weighted by Crippen LogP contribution is 2.21. The smallest absolute Gasteiger partial charge is 0.0638 e. The number of anilines is 1. The molecule has 1 unspecified atom stereocenters. The van der Waals surface area contributed by atoms with Crippen molar-refractivity contribution in [2.45, 2.75) is 18.9 Å². The van der Waals surface area contributed by atoms with Gasteiger partial charge in [-0.2, -0.15) is 5.26 Å². The molecule has 1 aliphatic rings. The van der Waals surface area contributed by atoms with Gasteiger partial charge in [0.15, 0.2) is 0 Å². The molecule has 1 aromatic carbocycles. The number of halogens is 1. The first-order valence-corrected chi connectivity index (χ1v) is 7.07. The topological polar surface area (TPSA) is 30.3 Å². The summed E-state index contributed by atoms with van der Waals surface area (Å²) in [5, 5.41) is 8.92. The minimum Gasteiger partial charge on any atom is -0.370 e. The van der Waals surface area contributed by atoms with Gasteiger partial charge in [0.2, 0.25) is 0 Å². The van der Waals surface area contributed by atoms with E-state index in [9.17, 15) is 0 Å². The highest BCUT2D eigenvalue weighted by atomic mass is 79.9. The number of nitrogens with zero attached hydrogens (tertiary/aromatic N) is 3. The van der Waals surface area contributed by atoms with Crippen molar-refractivity contribution in [3.8, 4) is 6.07 Å². The van der Waals surface area contributed by atoms with Crippen LogP contribution in [0.15, 0.2) is 28.7 Å². The van der Waals surface area contributed by atoms with E-state index in [0.29, 0.717) is 12.5 Å². The molecular formula is C14H18BrN3. The summed E-state index contributed by atoms with van der Waals surface area (Å²) in [6.07, 6.45) is 1.75. The summed E-state index contributed by atoms with van der Waals surface area (Å²) < 4.78 is 1.10. The van der Waals surface area contributed by atoms with Gasteiger partial charge in [-0.05, 0) is 44.3 Å². The van der Waals surface area contributed by atoms with Gasteiger partial charge < -0.3 is 9.80 Å². The molecule has 0 aliphatic carbocycles. The molecule has 0 amide bonds. The largest absolute Gasteiger partial charge is 0.370 e. The second-order valence-electron chi connectivity index (χ2n) is 4.77. The third-order valence-electron chi connectivity index (χ3n) is 3.51. The number of likely N-dealkylation sites (N-methyl/N-ethyl adjacent to an activating group) is 1. The fraction of sp³-hybridized carbons (Fsp3) is 0.500. The van der Waals surface area contributed by atoms with E-state index in [0.717, 1.165) is 30.5 Å². The Bertz CT molecular complexity index is 424. The predicted molar refractivity (Wildman–Crippen MR) is 77.6 cm³/mol. The highest BCUT2D eigenvalue weighted by molar-refractivity contribution is 9.10. The van der Waals surface area contributed by atoms with Gasteiger partial charge in [0, 0.05) is 29.3 Å². The number of hydrogen-bond acceptors (Lipinski definition) is 3. The minimum atomic E-state index is 0.334. The zero-order chi connectivity index (χ0) is 13.0. The van der Waals surface area contributed by atoms with Crippen molar-refractivity contribution >= 4 is 21.6 Å². The molecule has 18 heavy (non-hydrogen) atoms. The zero-order valence-electron chi connectivity index (χ0n) is 10.6. The van der Waals surface area contributed by atoms with Crippen molar-refractivity contribution in [1.82, 2.24) is 4.90 Å². The summed E-state index contributed by atoms with van der Waals surface area (Å²) in [7, 11) is 2.12. The van der Waals surface area contributed by atoms with Crippen molar-refractivity contribution in [3.05, 3.63) is 28.7 Å². The number of hydrogen-bond donors (Lipinski definition) is 0. The molecule has 96 valence electrons. The van der Waals surface area contributed by atoms with Gasteiger partial charge in [0.05, 0.1) is 12.5 Å². The Morgan fingerprint density at radius 3 is 2.72 bits per heavy atom. The molecule has 1 saturated heterocycles. The Morgan fingerprint density at radius 2 is 2.06 bits per heavy atom. The Morgan fingerprint density at radius 1 is 1.33 bits per heavy atom. The summed E-state index contributed by atoms with van der Waals surface area (Å²) in [6, 6.07) is 11.1. The van der Waals surface area contributed by atoms with Crippen LogP contribution in [0.2, 0.25) is 0 Å². The van der Waals surface area contributed by atoms with Gasteiger partial charge in [0.25, 0.3) is 0 Å². The molecule has 0 N–H and O–H groups in total. The summed E-state index contributed by atoms with van der Waals surface area (Å²) in [5.41, 5.74) is 1.25. The molecule has 0 radical (unpaired) electrons. The molecule has 4 heteroatoms. The standard InChI is InChI=1S/C14H18BrN3/c1-17-9-2-10-18(11-14(17)7-8-16)13-5-3-12(15)4-6-13/h3-6,14H,2,7,9-11H2,1H3. The molecule has 1 aliphatic heterocycles. The van der Waals surface area contributed by atoms with E-state index in [4.69, 9.17) is 5.26 Å². The van der Waals surface area contributed by atoms with Gasteiger partial charge in [-0.15, -0.1) is 0 Å². The molecule has 2 rings (SSSR count). The molecule has 0 aromatic heterocycles. The van der Waals surface area contributed by atoms with Gasteiger partial charge in [-0.1, -0.05) is 15.9 Å². The lowest BCUT2D eigenvalue weighted by molar-refractivity contribution is 0.264. The SMILES string of the molecule is CN1CCCN(c2ccc(Br)cc2)CC1CC#N. The van der Waals surface area contributed by atoms with Crippen LogP contribution in [0.25, 0.3) is 0 Å². The number of benzene rings is 1. The van der Waals surface area contributed by atoms with E-state index in [-0.39, 0.29) is 0 Å². The van der Waals surface area contributed by atoms with E-state index in [1.165, 1.54) is 5.69 Å². The van der Waals surface area contributed by atoms with Crippen LogP contribution >= 0.6 is 15.9 Å². The van der Waals surface area contributed by atoms with Gasteiger partial charge >= 0.3 is 0 Å². The van der Waals surface area contributed by atoms with Crippen LogP contribution in [0.4, 0.5) is 5.69 Å². The van der Waals surface area contributed by atoms with E-state index in [1.807, 2.05) is 0 Å². The summed E-state index contributed by atoms with van der Waals surface area (Å²) in [6.45, 7) is 3.07. The fourth-order valence-corrected chi connectivity index (χ4v) is 2.66. The quantitative estimate of drug-likeness (QED) is 0.841. The van der Waals surface area contributed by atoms with Gasteiger partial charge in [-0.3, -0.25) is 0 Å². The number of rotatable bonds is 2. The molecule has 1 atom stereocenters. The Kier molecular flexibility index (Phi) is 4.62. The average molecular weight is 308 g/mol. The van der Waals surface area contributed by atoms with Crippen molar-refractivity contribution in [3.63, 3.8) is 0 Å². The third-order valence-corrected chi connectivity index (χ3v) is 4.04. The lowest BCUT2D eigenvalue weighted by atomic mass is 10.2. The lowest BCUT2D eigenvalue weighted by Gasteiger charge is -2.28. The maximum atomic E-state index is 8.92. The van der Waals surface area contributed by atoms with Crippen molar-refractivity contribution in [1.29, 1.82) is 5.26 Å². The van der Waals surface area contributed by atoms with Crippen molar-refractivity contribution in [2.24, 2.45) is 0 Å². The fourth-order valence-electron chi connectivity index (χ4n) is 2.39. The van der Waals surface area contributed by atoms with E-state index in [2.05, 4.69) is 63.1 Å². The summed E-state index contributed by atoms with van der Waals surface area (Å²) in [4.78, 5) is 4.69. The summed E-state index contributed by atoms with van der Waals surface area (Å²) in [5.74, 6) is 0. The monoisotopic (exact) mass is 307 g/mol. The minimum absolute atomic E-state index is 0.334. The van der Waals surface area contributed by atoms with Crippen LogP contribution < -0.4 is 4.90 Å². The van der Waals surface area contributed by atoms with Crippen LogP contribution in [0.5, 0.6) is 0 Å². The van der Waals surface area contributed by atoms with Crippen LogP contribution in [0.1, 0.15) is 12.8 Å². The number of nitriles is 1. The van der Waals surface area contributed by atoms with Gasteiger partial charge in [0.1, 0.15) is 0 Å². The maximum absolute atomic E-state index is 8.92.